The van der Waals surface area contributed by atoms with Gasteiger partial charge >= 0.3 is 0 Å². The van der Waals surface area contributed by atoms with Crippen LogP contribution >= 0.6 is 0 Å². The van der Waals surface area contributed by atoms with Gasteiger partial charge < -0.3 is 10.1 Å². The Bertz CT molecular complexity index is 630. The fourth-order valence-corrected chi connectivity index (χ4v) is 2.00. The Balaban J connectivity index is 1.97. The second-order valence-corrected chi connectivity index (χ2v) is 5.06. The summed E-state index contributed by atoms with van der Waals surface area (Å²) in [6, 6.07) is 17.0. The summed E-state index contributed by atoms with van der Waals surface area (Å²) < 4.78 is 5.54. The van der Waals surface area contributed by atoms with Gasteiger partial charge in [0.1, 0.15) is 5.75 Å². The van der Waals surface area contributed by atoms with Crippen LogP contribution in [0.2, 0.25) is 0 Å². The lowest BCUT2D eigenvalue weighted by atomic mass is 10.1. The first-order valence-corrected chi connectivity index (χ1v) is 7.46. The van der Waals surface area contributed by atoms with Gasteiger partial charge in [0.2, 0.25) is 0 Å². The number of anilines is 1. The maximum Gasteiger partial charge on any atom is 0.187 e. The predicted molar refractivity (Wildman–Crippen MR) is 90.4 cm³/mol. The van der Waals surface area contributed by atoms with E-state index in [0.29, 0.717) is 5.56 Å². The topological polar surface area (TPSA) is 38.3 Å². The zero-order valence-electron chi connectivity index (χ0n) is 13.0. The number of benzene rings is 2. The van der Waals surface area contributed by atoms with E-state index in [1.54, 1.807) is 6.08 Å². The molecule has 3 nitrogen and oxygen atoms in total. The lowest BCUT2D eigenvalue weighted by molar-refractivity contribution is 0.104. The fourth-order valence-electron chi connectivity index (χ4n) is 2.00. The summed E-state index contributed by atoms with van der Waals surface area (Å²) in [7, 11) is 0. The zero-order chi connectivity index (χ0) is 15.8. The van der Waals surface area contributed by atoms with Crippen molar-refractivity contribution in [2.45, 2.75) is 20.3 Å². The highest BCUT2D eigenvalue weighted by molar-refractivity contribution is 6.05. The quantitative estimate of drug-likeness (QED) is 0.595. The van der Waals surface area contributed by atoms with Gasteiger partial charge in [-0.1, -0.05) is 37.3 Å². The van der Waals surface area contributed by atoms with E-state index in [-0.39, 0.29) is 5.78 Å². The molecule has 3 heteroatoms. The first-order valence-electron chi connectivity index (χ1n) is 7.46. The van der Waals surface area contributed by atoms with Crippen LogP contribution in [0.3, 0.4) is 0 Å². The van der Waals surface area contributed by atoms with E-state index in [2.05, 4.69) is 12.2 Å². The van der Waals surface area contributed by atoms with Crippen molar-refractivity contribution < 1.29 is 9.53 Å². The van der Waals surface area contributed by atoms with Crippen LogP contribution in [0.25, 0.3) is 0 Å². The summed E-state index contributed by atoms with van der Waals surface area (Å²) in [5.41, 5.74) is 2.42. The third kappa shape index (κ3) is 4.77. The van der Waals surface area contributed by atoms with E-state index < -0.39 is 0 Å². The van der Waals surface area contributed by atoms with Crippen LogP contribution in [-0.2, 0) is 0 Å². The molecule has 2 aromatic carbocycles. The average molecular weight is 295 g/mol. The minimum atomic E-state index is -0.00602. The van der Waals surface area contributed by atoms with Gasteiger partial charge in [-0.05, 0) is 37.6 Å². The second-order valence-electron chi connectivity index (χ2n) is 5.06. The Kier molecular flexibility index (Phi) is 5.78. The van der Waals surface area contributed by atoms with Crippen molar-refractivity contribution in [3.05, 3.63) is 71.9 Å². The Morgan fingerprint density at radius 3 is 2.41 bits per heavy atom. The summed E-state index contributed by atoms with van der Waals surface area (Å²) in [5.74, 6) is 0.850. The van der Waals surface area contributed by atoms with Gasteiger partial charge in [0.05, 0.1) is 6.61 Å². The molecule has 2 aromatic rings. The number of carbonyl (C=O) groups excluding carboxylic acids is 1. The molecule has 2 rings (SSSR count). The molecule has 0 atom stereocenters. The summed E-state index contributed by atoms with van der Waals surface area (Å²) in [6.07, 6.45) is 2.60. The number of allylic oxidation sites excluding steroid dienone is 2. The number of hydrogen-bond acceptors (Lipinski definition) is 3. The molecule has 0 aliphatic carbocycles. The van der Waals surface area contributed by atoms with E-state index in [4.69, 9.17) is 4.74 Å². The summed E-state index contributed by atoms with van der Waals surface area (Å²) in [5, 5.41) is 3.21. The number of carbonyl (C=O) groups is 1. The van der Waals surface area contributed by atoms with Crippen molar-refractivity contribution in [2.75, 3.05) is 11.9 Å². The Morgan fingerprint density at radius 1 is 1.09 bits per heavy atom. The normalized spacial score (nSPS) is 11.1. The van der Waals surface area contributed by atoms with Crippen LogP contribution in [0.5, 0.6) is 5.75 Å². The van der Waals surface area contributed by atoms with Gasteiger partial charge in [-0.25, -0.2) is 0 Å². The van der Waals surface area contributed by atoms with Crippen molar-refractivity contribution in [3.8, 4) is 5.75 Å². The highest BCUT2D eigenvalue weighted by Crippen LogP contribution is 2.17. The largest absolute Gasteiger partial charge is 0.494 e. The monoisotopic (exact) mass is 295 g/mol. The van der Waals surface area contributed by atoms with E-state index in [0.717, 1.165) is 30.2 Å². The first kappa shape index (κ1) is 15.8. The molecular weight excluding hydrogens is 274 g/mol. The van der Waals surface area contributed by atoms with Crippen molar-refractivity contribution in [2.24, 2.45) is 0 Å². The predicted octanol–water partition coefficient (Wildman–Crippen LogP) is 4.67. The van der Waals surface area contributed by atoms with E-state index in [1.807, 2.05) is 61.5 Å². The first-order chi connectivity index (χ1) is 10.7. The van der Waals surface area contributed by atoms with Gasteiger partial charge in [-0.2, -0.15) is 0 Å². The average Bonchev–Trinajstić information content (AvgIpc) is 2.55. The Hall–Kier alpha value is -2.55. The van der Waals surface area contributed by atoms with Crippen molar-refractivity contribution in [3.63, 3.8) is 0 Å². The molecule has 1 N–H and O–H groups in total. The number of nitrogens with one attached hydrogen (secondary N) is 1. The van der Waals surface area contributed by atoms with Gasteiger partial charge in [0, 0.05) is 23.0 Å². The van der Waals surface area contributed by atoms with E-state index >= 15 is 0 Å². The Morgan fingerprint density at radius 2 is 1.77 bits per heavy atom. The third-order valence-electron chi connectivity index (χ3n) is 3.07. The van der Waals surface area contributed by atoms with E-state index in [1.165, 1.54) is 0 Å². The van der Waals surface area contributed by atoms with Crippen LogP contribution in [0.1, 0.15) is 30.6 Å². The molecule has 0 saturated carbocycles. The number of ketones is 1. The number of ether oxygens (including phenoxy) is 1. The summed E-state index contributed by atoms with van der Waals surface area (Å²) in [6.45, 7) is 4.67. The number of hydrogen-bond donors (Lipinski definition) is 1. The van der Waals surface area contributed by atoms with Crippen LogP contribution in [0.4, 0.5) is 5.69 Å². The van der Waals surface area contributed by atoms with Gasteiger partial charge in [0.15, 0.2) is 5.78 Å². The lowest BCUT2D eigenvalue weighted by Crippen LogP contribution is -2.01. The maximum atomic E-state index is 12.1. The highest BCUT2D eigenvalue weighted by Gasteiger charge is 2.02. The van der Waals surface area contributed by atoms with Crippen LogP contribution < -0.4 is 10.1 Å². The van der Waals surface area contributed by atoms with Crippen molar-refractivity contribution in [1.29, 1.82) is 0 Å². The highest BCUT2D eigenvalue weighted by atomic mass is 16.5. The van der Waals surface area contributed by atoms with E-state index in [9.17, 15) is 4.79 Å². The molecule has 0 fully saturated rings. The molecule has 0 amide bonds. The summed E-state index contributed by atoms with van der Waals surface area (Å²) in [4.78, 5) is 12.1. The zero-order valence-corrected chi connectivity index (χ0v) is 13.0. The molecule has 0 spiro atoms. The lowest BCUT2D eigenvalue weighted by Gasteiger charge is -2.08. The molecule has 0 bridgehead atoms. The van der Waals surface area contributed by atoms with Crippen molar-refractivity contribution >= 4 is 11.5 Å². The molecule has 0 saturated heterocycles. The summed E-state index contributed by atoms with van der Waals surface area (Å²) >= 11 is 0. The maximum absolute atomic E-state index is 12.1. The fraction of sp³-hybridized carbons (Fsp3) is 0.211. The van der Waals surface area contributed by atoms with Crippen LogP contribution in [-0.4, -0.2) is 12.4 Å². The molecule has 0 heterocycles. The molecular formula is C19H21NO2. The smallest absolute Gasteiger partial charge is 0.187 e. The Labute approximate surface area is 131 Å². The molecule has 0 aliphatic rings. The molecule has 114 valence electrons. The number of rotatable bonds is 7. The third-order valence-corrected chi connectivity index (χ3v) is 3.07. The SMILES string of the molecule is CCCOc1ccc(N/C(C)=C/C(=O)c2ccccc2)cc1. The molecule has 0 aromatic heterocycles. The van der Waals surface area contributed by atoms with Gasteiger partial charge in [0.25, 0.3) is 0 Å². The molecule has 22 heavy (non-hydrogen) atoms. The van der Waals surface area contributed by atoms with Gasteiger partial charge in [-0.3, -0.25) is 4.79 Å². The second kappa shape index (κ2) is 8.03. The molecule has 0 unspecified atom stereocenters. The minimum absolute atomic E-state index is 0.00602. The van der Waals surface area contributed by atoms with Crippen LogP contribution in [0, 0.1) is 0 Å². The van der Waals surface area contributed by atoms with Crippen LogP contribution in [0.15, 0.2) is 66.4 Å². The van der Waals surface area contributed by atoms with Gasteiger partial charge in [-0.15, -0.1) is 0 Å². The van der Waals surface area contributed by atoms with Crippen molar-refractivity contribution in [1.82, 2.24) is 0 Å². The standard InChI is InChI=1S/C19H21NO2/c1-3-13-22-18-11-9-17(10-12-18)20-15(2)14-19(21)16-7-5-4-6-8-16/h4-12,14,20H,3,13H2,1-2H3/b15-14+. The molecule has 0 radical (unpaired) electrons. The molecule has 0 aliphatic heterocycles. The minimum Gasteiger partial charge on any atom is -0.494 e.